The predicted octanol–water partition coefficient (Wildman–Crippen LogP) is 4.16. The average molecular weight is 710 g/mol. The lowest BCUT2D eigenvalue weighted by Crippen LogP contribution is -2.40. The molecule has 1 aliphatic heterocycles. The second-order valence-corrected chi connectivity index (χ2v) is 12.3. The number of benzene rings is 5. The largest absolute Gasteiger partial charge is 0.545 e. The number of nitrogens with zero attached hydrogens (tertiary/aromatic N) is 2. The van der Waals surface area contributed by atoms with Gasteiger partial charge in [0.25, 0.3) is 0 Å². The van der Waals surface area contributed by atoms with E-state index in [1.54, 1.807) is 32.3 Å². The maximum atomic E-state index is 12.4. The number of carbonyl (C=O) groups is 3. The van der Waals surface area contributed by atoms with Crippen LogP contribution >= 0.6 is 0 Å². The van der Waals surface area contributed by atoms with Gasteiger partial charge in [-0.1, -0.05) is 72.8 Å². The van der Waals surface area contributed by atoms with E-state index < -0.39 is 5.97 Å². The van der Waals surface area contributed by atoms with Crippen molar-refractivity contribution in [2.24, 2.45) is 0 Å². The van der Waals surface area contributed by atoms with Crippen molar-refractivity contribution in [3.63, 3.8) is 0 Å². The summed E-state index contributed by atoms with van der Waals surface area (Å²) in [5.41, 5.74) is 5.43. The Hall–Kier alpha value is -6.75. The highest BCUT2D eigenvalue weighted by molar-refractivity contribution is 6.07. The summed E-state index contributed by atoms with van der Waals surface area (Å²) in [6, 6.07) is 37.9. The molecule has 53 heavy (non-hydrogen) atoms. The van der Waals surface area contributed by atoms with Gasteiger partial charge in [0.15, 0.2) is 25.8 Å². The highest BCUT2D eigenvalue weighted by Crippen LogP contribution is 2.41. The maximum Gasteiger partial charge on any atom is 0.314 e. The lowest BCUT2D eigenvalue weighted by atomic mass is 9.90. The first-order valence-corrected chi connectivity index (χ1v) is 17.4. The van der Waals surface area contributed by atoms with Crippen LogP contribution in [0.15, 0.2) is 126 Å². The van der Waals surface area contributed by atoms with E-state index in [4.69, 9.17) is 4.42 Å². The van der Waals surface area contributed by atoms with Crippen LogP contribution in [0.4, 0.5) is 15.3 Å². The van der Waals surface area contributed by atoms with Gasteiger partial charge in [-0.2, -0.15) is 4.58 Å². The molecule has 0 aromatic heterocycles. The number of hydrogen-bond acceptors (Lipinski definition) is 5. The van der Waals surface area contributed by atoms with E-state index in [0.717, 1.165) is 33.1 Å². The van der Waals surface area contributed by atoms with Crippen LogP contribution < -0.4 is 36.3 Å². The summed E-state index contributed by atoms with van der Waals surface area (Å²) in [5.74, 6) is -0.728. The standard InChI is InChI=1S/C42H40N6O5/c1-43-41(51)45-21-23-47(27-29-11-5-3-6-12-29)31-17-19-35-37(25-31)53-38-26-32(18-20-36(38)39(35)33-15-9-10-16-34(33)40(49)50)48(24-22-46-42(52)44-2)28-30-13-7-4-8-14-30/h3-20,25-27H,21-24,28H2,1-2H3,(H3-2,43,44,45,46,49,50,51,52)/p+1. The van der Waals surface area contributed by atoms with E-state index in [1.165, 1.54) is 0 Å². The monoisotopic (exact) mass is 709 g/mol. The van der Waals surface area contributed by atoms with Crippen molar-refractivity contribution in [3.05, 3.63) is 143 Å². The van der Waals surface area contributed by atoms with Crippen molar-refractivity contribution in [3.8, 4) is 22.5 Å². The van der Waals surface area contributed by atoms with Gasteiger partial charge in [-0.3, -0.25) is 0 Å². The number of carboxylic acids is 1. The van der Waals surface area contributed by atoms with E-state index in [0.29, 0.717) is 55.2 Å². The Morgan fingerprint density at radius 1 is 0.717 bits per heavy atom. The molecule has 0 unspecified atom stereocenters. The molecule has 0 bridgehead atoms. The minimum atomic E-state index is -1.28. The van der Waals surface area contributed by atoms with Gasteiger partial charge in [0.1, 0.15) is 11.3 Å². The summed E-state index contributed by atoms with van der Waals surface area (Å²) in [6.45, 7) is 2.32. The molecule has 0 atom stereocenters. The number of aromatic carboxylic acids is 1. The second-order valence-electron chi connectivity index (χ2n) is 12.3. The van der Waals surface area contributed by atoms with Gasteiger partial charge >= 0.3 is 12.1 Å². The summed E-state index contributed by atoms with van der Waals surface area (Å²) in [7, 11) is 3.15. The Balaban J connectivity index is 1.56. The van der Waals surface area contributed by atoms with Crippen LogP contribution in [-0.4, -0.2) is 69.1 Å². The van der Waals surface area contributed by atoms with Gasteiger partial charge in [-0.05, 0) is 29.8 Å². The predicted molar refractivity (Wildman–Crippen MR) is 204 cm³/mol. The maximum absolute atomic E-state index is 12.4. The highest BCUT2D eigenvalue weighted by Gasteiger charge is 2.23. The van der Waals surface area contributed by atoms with Crippen molar-refractivity contribution in [2.75, 3.05) is 40.3 Å². The third-order valence-corrected chi connectivity index (χ3v) is 8.88. The molecule has 2 aliphatic rings. The normalized spacial score (nSPS) is 11.9. The molecule has 0 radical (unpaired) electrons. The smallest absolute Gasteiger partial charge is 0.314 e. The molecule has 0 saturated heterocycles. The summed E-state index contributed by atoms with van der Waals surface area (Å²) in [5, 5.41) is 24.9. The zero-order chi connectivity index (χ0) is 37.2. The first kappa shape index (κ1) is 36.1. The van der Waals surface area contributed by atoms with E-state index in [9.17, 15) is 19.5 Å². The fourth-order valence-corrected chi connectivity index (χ4v) is 6.27. The minimum Gasteiger partial charge on any atom is -0.545 e. The molecule has 268 valence electrons. The Labute approximate surface area is 307 Å². The highest BCUT2D eigenvalue weighted by atomic mass is 16.4. The summed E-state index contributed by atoms with van der Waals surface area (Å²) in [4.78, 5) is 36.4. The molecule has 0 fully saturated rings. The fourth-order valence-electron chi connectivity index (χ4n) is 6.27. The van der Waals surface area contributed by atoms with Crippen molar-refractivity contribution < 1.29 is 28.5 Å². The molecule has 1 heterocycles. The Bertz CT molecular complexity index is 2320. The van der Waals surface area contributed by atoms with Gasteiger partial charge in [0.2, 0.25) is 11.0 Å². The number of rotatable bonds is 12. The molecule has 4 aromatic rings. The number of fused-ring (bicyclic) bond motifs is 2. The minimum absolute atomic E-state index is 0.0692. The Morgan fingerprint density at radius 3 is 2.08 bits per heavy atom. The summed E-state index contributed by atoms with van der Waals surface area (Å²) < 4.78 is 10.9. The molecule has 4 aromatic carbocycles. The zero-order valence-corrected chi connectivity index (χ0v) is 29.6. The summed E-state index contributed by atoms with van der Waals surface area (Å²) >= 11 is 0. The van der Waals surface area contributed by atoms with Gasteiger partial charge < -0.3 is 35.6 Å². The number of amides is 4. The number of carboxylic acid groups (broad SMARTS) is 1. The van der Waals surface area contributed by atoms with E-state index >= 15 is 0 Å². The first-order valence-electron chi connectivity index (χ1n) is 17.4. The van der Waals surface area contributed by atoms with Crippen LogP contribution in [0.2, 0.25) is 0 Å². The van der Waals surface area contributed by atoms with Gasteiger partial charge in [0, 0.05) is 59.4 Å². The zero-order valence-electron chi connectivity index (χ0n) is 29.6. The lowest BCUT2D eigenvalue weighted by molar-refractivity contribution is -0.432. The molecule has 0 saturated carbocycles. The van der Waals surface area contributed by atoms with E-state index in [2.05, 4.69) is 38.0 Å². The third kappa shape index (κ3) is 8.77. The molecule has 0 spiro atoms. The van der Waals surface area contributed by atoms with E-state index in [-0.39, 0.29) is 17.6 Å². The van der Waals surface area contributed by atoms with Gasteiger partial charge in [-0.25, -0.2) is 14.2 Å². The SMILES string of the molecule is CNC(=O)NCC[N+](=Cc1ccccc1)c1ccc2c(-c3ccccc3C(=O)[O-])c3ccc(=[N+](CCNC(=O)NC)Cc4ccccc4)cc-3oc2c1. The number of hydrogen-bond donors (Lipinski definition) is 4. The Morgan fingerprint density at radius 2 is 1.38 bits per heavy atom. The van der Waals surface area contributed by atoms with E-state index in [1.807, 2.05) is 102 Å². The number of carbonyl (C=O) groups excluding carboxylic acids is 3. The third-order valence-electron chi connectivity index (χ3n) is 8.88. The molecule has 6 rings (SSSR count). The average Bonchev–Trinajstić information content (AvgIpc) is 3.19. The molecule has 4 N–H and O–H groups in total. The summed E-state index contributed by atoms with van der Waals surface area (Å²) in [6.07, 6.45) is 2.01. The molecular weight excluding hydrogens is 668 g/mol. The molecule has 11 heteroatoms. The van der Waals surface area contributed by atoms with Crippen LogP contribution in [0.1, 0.15) is 21.5 Å². The fraction of sp³-hybridized carbons (Fsp3) is 0.167. The van der Waals surface area contributed by atoms with Crippen LogP contribution in [0, 0.1) is 0 Å². The number of nitrogens with one attached hydrogen (secondary N) is 4. The number of urea groups is 2. The van der Waals surface area contributed by atoms with Gasteiger partial charge in [-0.15, -0.1) is 0 Å². The first-order chi connectivity index (χ1) is 25.8. The molecule has 4 amide bonds. The van der Waals surface area contributed by atoms with Crippen molar-refractivity contribution in [1.82, 2.24) is 25.8 Å². The molecule has 1 aliphatic carbocycles. The van der Waals surface area contributed by atoms with Crippen molar-refractivity contribution >= 4 is 40.9 Å². The van der Waals surface area contributed by atoms with Crippen molar-refractivity contribution in [1.29, 1.82) is 0 Å². The van der Waals surface area contributed by atoms with Gasteiger partial charge in [0.05, 0.1) is 31.2 Å². The van der Waals surface area contributed by atoms with Crippen LogP contribution in [-0.2, 0) is 6.54 Å². The molecule has 11 nitrogen and oxygen atoms in total. The second kappa shape index (κ2) is 17.0. The quantitative estimate of drug-likeness (QED) is 0.0859. The van der Waals surface area contributed by atoms with Crippen LogP contribution in [0.3, 0.4) is 0 Å². The lowest BCUT2D eigenvalue weighted by Gasteiger charge is -2.18. The van der Waals surface area contributed by atoms with Crippen LogP contribution in [0.5, 0.6) is 0 Å². The molecular formula is C42H41N6O5+. The van der Waals surface area contributed by atoms with Crippen molar-refractivity contribution in [2.45, 2.75) is 6.54 Å². The Kier molecular flexibility index (Phi) is 11.5. The van der Waals surface area contributed by atoms with Crippen LogP contribution in [0.25, 0.3) is 33.4 Å². The topological polar surface area (TPSA) is 142 Å².